The van der Waals surface area contributed by atoms with Gasteiger partial charge in [-0.05, 0) is 30.3 Å². The molecule has 18 heavy (non-hydrogen) atoms. The molecule has 0 unspecified atom stereocenters. The minimum Gasteiger partial charge on any atom is -0.505 e. The molecule has 1 heterocycles. The van der Waals surface area contributed by atoms with Crippen molar-refractivity contribution in [2.75, 3.05) is 5.32 Å². The van der Waals surface area contributed by atoms with E-state index in [0.717, 1.165) is 6.07 Å². The lowest BCUT2D eigenvalue weighted by molar-refractivity contribution is 0.101. The second-order valence-electron chi connectivity index (χ2n) is 3.45. The standard InChI is InChI=1S/C12H8ClFN2O2/c13-7-3-4-9(8(14)6-7)16-12(18)11-10(17)2-1-5-15-11/h1-6,17H,(H,16,18). The smallest absolute Gasteiger partial charge is 0.278 e. The number of halogens is 2. The number of hydrogen-bond acceptors (Lipinski definition) is 3. The minimum atomic E-state index is -0.700. The van der Waals surface area contributed by atoms with Crippen molar-refractivity contribution in [1.29, 1.82) is 0 Å². The molecule has 0 aliphatic heterocycles. The first-order chi connectivity index (χ1) is 8.58. The van der Waals surface area contributed by atoms with Crippen molar-refractivity contribution in [1.82, 2.24) is 4.98 Å². The molecule has 0 aliphatic rings. The summed E-state index contributed by atoms with van der Waals surface area (Å²) in [5.74, 6) is -1.63. The molecule has 2 aromatic rings. The summed E-state index contributed by atoms with van der Waals surface area (Å²) in [5.41, 5.74) is -0.207. The van der Waals surface area contributed by atoms with Gasteiger partial charge in [0.1, 0.15) is 11.6 Å². The van der Waals surface area contributed by atoms with Crippen LogP contribution in [0.5, 0.6) is 5.75 Å². The van der Waals surface area contributed by atoms with E-state index in [4.69, 9.17) is 11.6 Å². The fraction of sp³-hybridized carbons (Fsp3) is 0. The Hall–Kier alpha value is -2.14. The lowest BCUT2D eigenvalue weighted by atomic mass is 10.2. The molecule has 0 spiro atoms. The van der Waals surface area contributed by atoms with Gasteiger partial charge in [-0.1, -0.05) is 11.6 Å². The van der Waals surface area contributed by atoms with Crippen LogP contribution in [0.1, 0.15) is 10.5 Å². The van der Waals surface area contributed by atoms with Crippen molar-refractivity contribution in [3.63, 3.8) is 0 Å². The number of aromatic hydroxyl groups is 1. The second kappa shape index (κ2) is 5.01. The van der Waals surface area contributed by atoms with Gasteiger partial charge in [-0.15, -0.1) is 0 Å². The van der Waals surface area contributed by atoms with E-state index in [-0.39, 0.29) is 22.2 Å². The Morgan fingerprint density at radius 2 is 2.17 bits per heavy atom. The van der Waals surface area contributed by atoms with E-state index < -0.39 is 11.7 Å². The third kappa shape index (κ3) is 2.57. The molecule has 92 valence electrons. The van der Waals surface area contributed by atoms with Crippen molar-refractivity contribution in [3.8, 4) is 5.75 Å². The Morgan fingerprint density at radius 3 is 2.83 bits per heavy atom. The molecule has 0 fully saturated rings. The predicted molar refractivity (Wildman–Crippen MR) is 65.3 cm³/mol. The molecule has 0 aliphatic carbocycles. The van der Waals surface area contributed by atoms with Gasteiger partial charge in [-0.3, -0.25) is 4.79 Å². The molecule has 0 atom stereocenters. The van der Waals surface area contributed by atoms with Crippen LogP contribution in [0.25, 0.3) is 0 Å². The van der Waals surface area contributed by atoms with Gasteiger partial charge in [0, 0.05) is 11.2 Å². The Bertz CT molecular complexity index is 604. The molecule has 0 saturated heterocycles. The van der Waals surface area contributed by atoms with E-state index in [0.29, 0.717) is 0 Å². The van der Waals surface area contributed by atoms with Crippen LogP contribution in [0, 0.1) is 5.82 Å². The first-order valence-electron chi connectivity index (χ1n) is 4.98. The lowest BCUT2D eigenvalue weighted by Gasteiger charge is -2.06. The van der Waals surface area contributed by atoms with Crippen molar-refractivity contribution in [2.24, 2.45) is 0 Å². The van der Waals surface area contributed by atoms with Gasteiger partial charge >= 0.3 is 0 Å². The highest BCUT2D eigenvalue weighted by atomic mass is 35.5. The highest BCUT2D eigenvalue weighted by molar-refractivity contribution is 6.30. The average molecular weight is 267 g/mol. The van der Waals surface area contributed by atoms with E-state index in [2.05, 4.69) is 10.3 Å². The summed E-state index contributed by atoms with van der Waals surface area (Å²) in [5, 5.41) is 12.0. The molecule has 2 N–H and O–H groups in total. The first kappa shape index (κ1) is 12.3. The van der Waals surface area contributed by atoms with E-state index in [1.807, 2.05) is 0 Å². The van der Waals surface area contributed by atoms with Gasteiger partial charge in [0.2, 0.25) is 0 Å². The van der Waals surface area contributed by atoms with Gasteiger partial charge < -0.3 is 10.4 Å². The zero-order valence-corrected chi connectivity index (χ0v) is 9.78. The SMILES string of the molecule is O=C(Nc1ccc(Cl)cc1F)c1ncccc1O. The fourth-order valence-corrected chi connectivity index (χ4v) is 1.50. The molecule has 1 aromatic heterocycles. The second-order valence-corrected chi connectivity index (χ2v) is 3.89. The highest BCUT2D eigenvalue weighted by Crippen LogP contribution is 2.20. The lowest BCUT2D eigenvalue weighted by Crippen LogP contribution is -2.14. The van der Waals surface area contributed by atoms with Gasteiger partial charge in [0.05, 0.1) is 5.69 Å². The van der Waals surface area contributed by atoms with Gasteiger partial charge in [-0.2, -0.15) is 0 Å². The largest absolute Gasteiger partial charge is 0.505 e. The summed E-state index contributed by atoms with van der Waals surface area (Å²) in [6.07, 6.45) is 1.35. The van der Waals surface area contributed by atoms with Crippen LogP contribution < -0.4 is 5.32 Å². The van der Waals surface area contributed by atoms with E-state index in [9.17, 15) is 14.3 Å². The third-order valence-corrected chi connectivity index (χ3v) is 2.42. The molecule has 1 amide bonds. The number of amides is 1. The summed E-state index contributed by atoms with van der Waals surface area (Å²) >= 11 is 5.59. The molecular formula is C12H8ClFN2O2. The molecule has 1 aromatic carbocycles. The number of nitrogens with one attached hydrogen (secondary N) is 1. The van der Waals surface area contributed by atoms with Crippen molar-refractivity contribution >= 4 is 23.2 Å². The number of anilines is 1. The maximum absolute atomic E-state index is 13.4. The van der Waals surface area contributed by atoms with Crippen molar-refractivity contribution in [2.45, 2.75) is 0 Å². The van der Waals surface area contributed by atoms with Gasteiger partial charge in [0.15, 0.2) is 5.69 Å². The number of benzene rings is 1. The third-order valence-electron chi connectivity index (χ3n) is 2.18. The summed E-state index contributed by atoms with van der Waals surface area (Å²) in [7, 11) is 0. The molecule has 2 rings (SSSR count). The molecule has 0 saturated carbocycles. The van der Waals surface area contributed by atoms with E-state index >= 15 is 0 Å². The molecule has 4 nitrogen and oxygen atoms in total. The van der Waals surface area contributed by atoms with Crippen LogP contribution in [0.4, 0.5) is 10.1 Å². The Balaban J connectivity index is 2.24. The number of carbonyl (C=O) groups excluding carboxylic acids is 1. The van der Waals surface area contributed by atoms with Crippen molar-refractivity contribution in [3.05, 3.63) is 53.1 Å². The monoisotopic (exact) mass is 266 g/mol. The Morgan fingerprint density at radius 1 is 1.39 bits per heavy atom. The maximum Gasteiger partial charge on any atom is 0.278 e. The quantitative estimate of drug-likeness (QED) is 0.879. The summed E-state index contributed by atoms with van der Waals surface area (Å²) < 4.78 is 13.4. The van der Waals surface area contributed by atoms with Crippen LogP contribution in [0.2, 0.25) is 5.02 Å². The summed E-state index contributed by atoms with van der Waals surface area (Å²) in [6.45, 7) is 0. The number of aromatic nitrogens is 1. The molecular weight excluding hydrogens is 259 g/mol. The first-order valence-corrected chi connectivity index (χ1v) is 5.36. The summed E-state index contributed by atoms with van der Waals surface area (Å²) in [4.78, 5) is 15.4. The van der Waals surface area contributed by atoms with E-state index in [1.54, 1.807) is 0 Å². The molecule has 0 bridgehead atoms. The van der Waals surface area contributed by atoms with Crippen LogP contribution in [0.3, 0.4) is 0 Å². The molecule has 0 radical (unpaired) electrons. The normalized spacial score (nSPS) is 10.1. The number of nitrogens with zero attached hydrogens (tertiary/aromatic N) is 1. The zero-order valence-electron chi connectivity index (χ0n) is 9.02. The maximum atomic E-state index is 13.4. The minimum absolute atomic E-state index is 0.0329. The van der Waals surface area contributed by atoms with Crippen molar-refractivity contribution < 1.29 is 14.3 Å². The number of carbonyl (C=O) groups is 1. The van der Waals surface area contributed by atoms with Gasteiger partial charge in [-0.25, -0.2) is 9.37 Å². The number of rotatable bonds is 2. The van der Waals surface area contributed by atoms with Crippen LogP contribution in [-0.2, 0) is 0 Å². The van der Waals surface area contributed by atoms with Crippen LogP contribution in [-0.4, -0.2) is 16.0 Å². The summed E-state index contributed by atoms with van der Waals surface area (Å²) in [6, 6.07) is 6.65. The highest BCUT2D eigenvalue weighted by Gasteiger charge is 2.14. The Labute approximate surface area is 107 Å². The average Bonchev–Trinajstić information content (AvgIpc) is 2.33. The fourth-order valence-electron chi connectivity index (χ4n) is 1.34. The molecule has 6 heteroatoms. The number of hydrogen-bond donors (Lipinski definition) is 2. The zero-order chi connectivity index (χ0) is 13.1. The van der Waals surface area contributed by atoms with Crippen LogP contribution >= 0.6 is 11.6 Å². The predicted octanol–water partition coefficient (Wildman–Crippen LogP) is 2.83. The Kier molecular flexibility index (Phi) is 3.43. The number of pyridine rings is 1. The van der Waals surface area contributed by atoms with Gasteiger partial charge in [0.25, 0.3) is 5.91 Å². The topological polar surface area (TPSA) is 62.2 Å². The van der Waals surface area contributed by atoms with Crippen LogP contribution in [0.15, 0.2) is 36.5 Å². The van der Waals surface area contributed by atoms with E-state index in [1.165, 1.54) is 30.5 Å².